The number of piperidine rings is 1. The first-order valence-corrected chi connectivity index (χ1v) is 8.06. The van der Waals surface area contributed by atoms with Crippen LogP contribution in [-0.2, 0) is 11.3 Å². The van der Waals surface area contributed by atoms with Gasteiger partial charge in [-0.05, 0) is 51.2 Å². The van der Waals surface area contributed by atoms with Crippen molar-refractivity contribution in [3.63, 3.8) is 0 Å². The number of para-hydroxylation sites is 1. The van der Waals surface area contributed by atoms with Gasteiger partial charge in [-0.3, -0.25) is 0 Å². The highest BCUT2D eigenvalue weighted by atomic mass is 16.5. The zero-order valence-electron chi connectivity index (χ0n) is 14.0. The van der Waals surface area contributed by atoms with Gasteiger partial charge in [0, 0.05) is 38.0 Å². The summed E-state index contributed by atoms with van der Waals surface area (Å²) in [4.78, 5) is 2.53. The Kier molecular flexibility index (Phi) is 5.65. The van der Waals surface area contributed by atoms with Crippen LogP contribution >= 0.6 is 0 Å². The first-order chi connectivity index (χ1) is 9.99. The Labute approximate surface area is 129 Å². The molecule has 2 rings (SSSR count). The zero-order chi connectivity index (χ0) is 15.3. The summed E-state index contributed by atoms with van der Waals surface area (Å²) in [6.45, 7) is 10.7. The Balaban J connectivity index is 2.08. The van der Waals surface area contributed by atoms with Crippen molar-refractivity contribution in [1.82, 2.24) is 5.32 Å². The molecule has 0 amide bonds. The van der Waals surface area contributed by atoms with Crippen molar-refractivity contribution in [3.05, 3.63) is 29.8 Å². The zero-order valence-corrected chi connectivity index (χ0v) is 14.0. The third-order valence-corrected chi connectivity index (χ3v) is 4.06. The Hall–Kier alpha value is -1.06. The van der Waals surface area contributed by atoms with E-state index < -0.39 is 0 Å². The fraction of sp³-hybridized carbons (Fsp3) is 0.667. The van der Waals surface area contributed by atoms with E-state index in [0.717, 1.165) is 26.2 Å². The fourth-order valence-electron chi connectivity index (χ4n) is 2.98. The third-order valence-electron chi connectivity index (χ3n) is 4.06. The summed E-state index contributed by atoms with van der Waals surface area (Å²) in [5.74, 6) is 0.660. The van der Waals surface area contributed by atoms with E-state index in [1.807, 2.05) is 0 Å². The van der Waals surface area contributed by atoms with E-state index in [9.17, 15) is 0 Å². The first-order valence-electron chi connectivity index (χ1n) is 8.06. The molecule has 1 heterocycles. The van der Waals surface area contributed by atoms with Gasteiger partial charge >= 0.3 is 0 Å². The lowest BCUT2D eigenvalue weighted by Crippen LogP contribution is -2.39. The topological polar surface area (TPSA) is 24.5 Å². The van der Waals surface area contributed by atoms with Crippen molar-refractivity contribution in [1.29, 1.82) is 0 Å². The van der Waals surface area contributed by atoms with Gasteiger partial charge in [0.2, 0.25) is 0 Å². The maximum absolute atomic E-state index is 5.35. The maximum atomic E-state index is 5.35. The molecule has 21 heavy (non-hydrogen) atoms. The highest BCUT2D eigenvalue weighted by Crippen LogP contribution is 2.26. The van der Waals surface area contributed by atoms with E-state index in [0.29, 0.717) is 5.92 Å². The van der Waals surface area contributed by atoms with Crippen molar-refractivity contribution < 1.29 is 4.74 Å². The van der Waals surface area contributed by atoms with Crippen LogP contribution in [0.25, 0.3) is 0 Å². The van der Waals surface area contributed by atoms with Crippen molar-refractivity contribution >= 4 is 5.69 Å². The van der Waals surface area contributed by atoms with Crippen LogP contribution in [0.5, 0.6) is 0 Å². The standard InChI is InChI=1S/C18H30N2O/c1-18(2,3)19-12-16-9-5-6-10-17(16)20-11-7-8-15(13-20)14-21-4/h5-6,9-10,15,19H,7-8,11-14H2,1-4H3. The molecule has 0 saturated carbocycles. The summed E-state index contributed by atoms with van der Waals surface area (Å²) in [6, 6.07) is 8.79. The average Bonchev–Trinajstić information content (AvgIpc) is 2.45. The van der Waals surface area contributed by atoms with E-state index in [4.69, 9.17) is 4.74 Å². The molecule has 118 valence electrons. The number of benzene rings is 1. The second-order valence-corrected chi connectivity index (χ2v) is 7.14. The molecule has 3 nitrogen and oxygen atoms in total. The Morgan fingerprint density at radius 3 is 2.76 bits per heavy atom. The molecule has 0 radical (unpaired) electrons. The number of hydrogen-bond acceptors (Lipinski definition) is 3. The van der Waals surface area contributed by atoms with Crippen molar-refractivity contribution in [2.24, 2.45) is 5.92 Å². The second kappa shape index (κ2) is 7.28. The highest BCUT2D eigenvalue weighted by Gasteiger charge is 2.21. The predicted molar refractivity (Wildman–Crippen MR) is 89.8 cm³/mol. The van der Waals surface area contributed by atoms with Gasteiger partial charge in [0.15, 0.2) is 0 Å². The summed E-state index contributed by atoms with van der Waals surface area (Å²) < 4.78 is 5.35. The van der Waals surface area contributed by atoms with E-state index in [2.05, 4.69) is 55.3 Å². The van der Waals surface area contributed by atoms with E-state index in [-0.39, 0.29) is 5.54 Å². The molecule has 1 aliphatic heterocycles. The molecule has 1 aliphatic rings. The molecule has 1 aromatic rings. The minimum atomic E-state index is 0.146. The van der Waals surface area contributed by atoms with Gasteiger partial charge in [0.25, 0.3) is 0 Å². The smallest absolute Gasteiger partial charge is 0.0507 e. The van der Waals surface area contributed by atoms with Crippen LogP contribution in [0.1, 0.15) is 39.2 Å². The minimum Gasteiger partial charge on any atom is -0.384 e. The van der Waals surface area contributed by atoms with Gasteiger partial charge in [0.05, 0.1) is 6.61 Å². The normalized spacial score (nSPS) is 19.8. The molecule has 0 aliphatic carbocycles. The van der Waals surface area contributed by atoms with E-state index >= 15 is 0 Å². The molecule has 1 atom stereocenters. The summed E-state index contributed by atoms with van der Waals surface area (Å²) in [6.07, 6.45) is 2.54. The van der Waals surface area contributed by atoms with Gasteiger partial charge in [-0.1, -0.05) is 18.2 Å². The van der Waals surface area contributed by atoms with Gasteiger partial charge in [0.1, 0.15) is 0 Å². The molecule has 1 aromatic carbocycles. The number of nitrogens with one attached hydrogen (secondary N) is 1. The first kappa shape index (κ1) is 16.3. The Bertz CT molecular complexity index is 437. The largest absolute Gasteiger partial charge is 0.384 e. The van der Waals surface area contributed by atoms with E-state index in [1.165, 1.54) is 24.1 Å². The maximum Gasteiger partial charge on any atom is 0.0507 e. The monoisotopic (exact) mass is 290 g/mol. The molecule has 0 aromatic heterocycles. The number of methoxy groups -OCH3 is 1. The summed E-state index contributed by atoms with van der Waals surface area (Å²) in [5.41, 5.74) is 2.92. The third kappa shape index (κ3) is 5.01. The van der Waals surface area contributed by atoms with Crippen molar-refractivity contribution in [2.45, 2.75) is 45.7 Å². The van der Waals surface area contributed by atoms with Crippen LogP contribution < -0.4 is 10.2 Å². The molecule has 1 unspecified atom stereocenters. The average molecular weight is 290 g/mol. The molecular formula is C18H30N2O. The van der Waals surface area contributed by atoms with Crippen LogP contribution in [0.15, 0.2) is 24.3 Å². The SMILES string of the molecule is COCC1CCCN(c2ccccc2CNC(C)(C)C)C1. The molecule has 1 N–H and O–H groups in total. The van der Waals surface area contributed by atoms with E-state index in [1.54, 1.807) is 7.11 Å². The lowest BCUT2D eigenvalue weighted by molar-refractivity contribution is 0.143. The van der Waals surface area contributed by atoms with Crippen LogP contribution in [0.2, 0.25) is 0 Å². The lowest BCUT2D eigenvalue weighted by atomic mass is 9.97. The number of hydrogen-bond donors (Lipinski definition) is 1. The quantitative estimate of drug-likeness (QED) is 0.899. The molecule has 1 fully saturated rings. The van der Waals surface area contributed by atoms with Crippen LogP contribution in [-0.4, -0.2) is 32.3 Å². The van der Waals surface area contributed by atoms with Crippen LogP contribution in [0.3, 0.4) is 0 Å². The van der Waals surface area contributed by atoms with Gasteiger partial charge in [-0.15, -0.1) is 0 Å². The van der Waals surface area contributed by atoms with Gasteiger partial charge < -0.3 is 15.0 Å². The minimum absolute atomic E-state index is 0.146. The summed E-state index contributed by atoms with van der Waals surface area (Å²) in [7, 11) is 1.81. The van der Waals surface area contributed by atoms with Crippen LogP contribution in [0, 0.1) is 5.92 Å². The molecule has 1 saturated heterocycles. The Morgan fingerprint density at radius 2 is 2.05 bits per heavy atom. The number of rotatable bonds is 5. The predicted octanol–water partition coefficient (Wildman–Crippen LogP) is 3.44. The number of nitrogens with zero attached hydrogens (tertiary/aromatic N) is 1. The Morgan fingerprint density at radius 1 is 1.29 bits per heavy atom. The van der Waals surface area contributed by atoms with Crippen LogP contribution in [0.4, 0.5) is 5.69 Å². The molecule has 0 bridgehead atoms. The molecular weight excluding hydrogens is 260 g/mol. The number of ether oxygens (including phenoxy) is 1. The highest BCUT2D eigenvalue weighted by molar-refractivity contribution is 5.54. The number of anilines is 1. The van der Waals surface area contributed by atoms with Gasteiger partial charge in [-0.25, -0.2) is 0 Å². The molecule has 3 heteroatoms. The summed E-state index contributed by atoms with van der Waals surface area (Å²) in [5, 5.41) is 3.60. The van der Waals surface area contributed by atoms with Gasteiger partial charge in [-0.2, -0.15) is 0 Å². The summed E-state index contributed by atoms with van der Waals surface area (Å²) >= 11 is 0. The lowest BCUT2D eigenvalue weighted by Gasteiger charge is -2.35. The fourth-order valence-corrected chi connectivity index (χ4v) is 2.98. The second-order valence-electron chi connectivity index (χ2n) is 7.14. The van der Waals surface area contributed by atoms with Crippen molar-refractivity contribution in [3.8, 4) is 0 Å². The molecule has 0 spiro atoms. The van der Waals surface area contributed by atoms with Crippen molar-refractivity contribution in [2.75, 3.05) is 31.7 Å².